The molecular formula is C22H18Cl2O5S. The van der Waals surface area contributed by atoms with Crippen LogP contribution in [-0.2, 0) is 15.3 Å². The van der Waals surface area contributed by atoms with Crippen molar-refractivity contribution in [1.82, 2.24) is 0 Å². The monoisotopic (exact) mass is 464 g/mol. The SMILES string of the molecule is COC(=O)C[C@H](c1ccc(Cl)cc1)c1oc(CSc2ccc(Cl)cc2)cc(=O)c1O. The second-order valence-electron chi connectivity index (χ2n) is 6.42. The third-order valence-corrected chi connectivity index (χ3v) is 5.92. The zero-order chi connectivity index (χ0) is 21.7. The van der Waals surface area contributed by atoms with Crippen molar-refractivity contribution >= 4 is 40.9 Å². The summed E-state index contributed by atoms with van der Waals surface area (Å²) in [5, 5.41) is 11.6. The van der Waals surface area contributed by atoms with Crippen LogP contribution in [0, 0.1) is 0 Å². The summed E-state index contributed by atoms with van der Waals surface area (Å²) in [6, 6.07) is 15.3. The Bertz CT molecular complexity index is 1080. The van der Waals surface area contributed by atoms with Crippen LogP contribution >= 0.6 is 35.0 Å². The molecule has 156 valence electrons. The molecule has 0 saturated carbocycles. The zero-order valence-electron chi connectivity index (χ0n) is 15.9. The lowest BCUT2D eigenvalue weighted by molar-refractivity contribution is -0.140. The van der Waals surface area contributed by atoms with Crippen LogP contribution in [0.3, 0.4) is 0 Å². The highest BCUT2D eigenvalue weighted by Gasteiger charge is 2.26. The Morgan fingerprint density at radius 3 is 2.30 bits per heavy atom. The van der Waals surface area contributed by atoms with Gasteiger partial charge in [-0.15, -0.1) is 11.8 Å². The molecule has 0 unspecified atom stereocenters. The van der Waals surface area contributed by atoms with E-state index in [0.29, 0.717) is 27.1 Å². The van der Waals surface area contributed by atoms with Crippen molar-refractivity contribution in [3.8, 4) is 5.75 Å². The van der Waals surface area contributed by atoms with Gasteiger partial charge in [-0.05, 0) is 42.0 Å². The Labute approximate surface area is 187 Å². The van der Waals surface area contributed by atoms with E-state index in [0.717, 1.165) is 4.90 Å². The van der Waals surface area contributed by atoms with Crippen LogP contribution in [0.4, 0.5) is 0 Å². The van der Waals surface area contributed by atoms with Crippen molar-refractivity contribution < 1.29 is 19.1 Å². The summed E-state index contributed by atoms with van der Waals surface area (Å²) in [5.74, 6) is -0.992. The number of carbonyl (C=O) groups is 1. The van der Waals surface area contributed by atoms with Crippen molar-refractivity contribution in [3.63, 3.8) is 0 Å². The van der Waals surface area contributed by atoms with Gasteiger partial charge in [-0.2, -0.15) is 0 Å². The maximum absolute atomic E-state index is 12.4. The van der Waals surface area contributed by atoms with E-state index in [9.17, 15) is 14.7 Å². The highest BCUT2D eigenvalue weighted by Crippen LogP contribution is 2.35. The molecule has 1 N–H and O–H groups in total. The molecule has 0 fully saturated rings. The van der Waals surface area contributed by atoms with Gasteiger partial charge in [-0.25, -0.2) is 0 Å². The average molecular weight is 465 g/mol. The molecule has 3 rings (SSSR count). The number of ether oxygens (including phenoxy) is 1. The van der Waals surface area contributed by atoms with Crippen molar-refractivity contribution in [2.45, 2.75) is 23.0 Å². The number of benzene rings is 2. The summed E-state index contributed by atoms with van der Waals surface area (Å²) in [5.41, 5.74) is 0.0811. The number of rotatable bonds is 7. The Morgan fingerprint density at radius 1 is 1.10 bits per heavy atom. The van der Waals surface area contributed by atoms with E-state index in [2.05, 4.69) is 0 Å². The molecule has 0 aliphatic rings. The van der Waals surface area contributed by atoms with Gasteiger partial charge in [0.15, 0.2) is 5.76 Å². The highest BCUT2D eigenvalue weighted by molar-refractivity contribution is 7.98. The first kappa shape index (κ1) is 22.3. The number of methoxy groups -OCH3 is 1. The van der Waals surface area contributed by atoms with Gasteiger partial charge in [0, 0.05) is 21.0 Å². The van der Waals surface area contributed by atoms with Crippen molar-refractivity contribution in [3.05, 3.63) is 91.9 Å². The second kappa shape index (κ2) is 10.1. The molecule has 0 radical (unpaired) electrons. The first-order chi connectivity index (χ1) is 14.4. The predicted octanol–water partition coefficient (Wildman–Crippen LogP) is 5.64. The van der Waals surface area contributed by atoms with Crippen molar-refractivity contribution in [2.24, 2.45) is 0 Å². The Kier molecular flexibility index (Phi) is 7.48. The van der Waals surface area contributed by atoms with E-state index in [1.54, 1.807) is 36.4 Å². The lowest BCUT2D eigenvalue weighted by Gasteiger charge is -2.17. The van der Waals surface area contributed by atoms with Gasteiger partial charge < -0.3 is 14.3 Å². The fourth-order valence-corrected chi connectivity index (χ4v) is 3.89. The molecule has 0 saturated heterocycles. The summed E-state index contributed by atoms with van der Waals surface area (Å²) in [6.07, 6.45) is -0.109. The Morgan fingerprint density at radius 2 is 1.70 bits per heavy atom. The van der Waals surface area contributed by atoms with Gasteiger partial charge in [-0.1, -0.05) is 35.3 Å². The number of halogens is 2. The van der Waals surface area contributed by atoms with Crippen LogP contribution in [0.5, 0.6) is 5.75 Å². The van der Waals surface area contributed by atoms with Crippen LogP contribution in [0.25, 0.3) is 0 Å². The maximum atomic E-state index is 12.4. The van der Waals surface area contributed by atoms with E-state index >= 15 is 0 Å². The molecule has 1 atom stereocenters. The number of hydrogen-bond acceptors (Lipinski definition) is 6. The molecule has 0 aliphatic heterocycles. The summed E-state index contributed by atoms with van der Waals surface area (Å²) >= 11 is 13.3. The molecule has 2 aromatic carbocycles. The molecule has 5 nitrogen and oxygen atoms in total. The third kappa shape index (κ3) is 5.59. The fraction of sp³-hybridized carbons (Fsp3) is 0.182. The summed E-state index contributed by atoms with van der Waals surface area (Å²) < 4.78 is 10.7. The zero-order valence-corrected chi connectivity index (χ0v) is 18.3. The summed E-state index contributed by atoms with van der Waals surface area (Å²) in [4.78, 5) is 25.3. The molecule has 1 heterocycles. The molecule has 0 amide bonds. The average Bonchev–Trinajstić information content (AvgIpc) is 2.74. The molecule has 0 aliphatic carbocycles. The van der Waals surface area contributed by atoms with Crippen LogP contribution in [-0.4, -0.2) is 18.2 Å². The van der Waals surface area contributed by atoms with Gasteiger partial charge in [-0.3, -0.25) is 9.59 Å². The first-order valence-electron chi connectivity index (χ1n) is 8.94. The van der Waals surface area contributed by atoms with E-state index < -0.39 is 23.1 Å². The minimum absolute atomic E-state index is 0.0157. The van der Waals surface area contributed by atoms with Crippen LogP contribution in [0.2, 0.25) is 10.0 Å². The lowest BCUT2D eigenvalue weighted by atomic mass is 9.92. The standard InChI is InChI=1S/C22H18Cl2O5S/c1-28-20(26)11-18(13-2-4-14(23)5-3-13)22-21(27)19(25)10-16(29-22)12-30-17-8-6-15(24)7-9-17/h2-10,18,27H,11-12H2,1H3/t18-/m1/s1. The number of carbonyl (C=O) groups excluding carboxylic acids is 1. The topological polar surface area (TPSA) is 76.7 Å². The molecule has 0 spiro atoms. The van der Waals surface area contributed by atoms with E-state index in [4.69, 9.17) is 32.4 Å². The third-order valence-electron chi connectivity index (χ3n) is 4.38. The second-order valence-corrected chi connectivity index (χ2v) is 8.34. The Hall–Kier alpha value is -2.41. The molecule has 3 aromatic rings. The van der Waals surface area contributed by atoms with Crippen LogP contribution in [0.15, 0.2) is 68.7 Å². The number of thioether (sulfide) groups is 1. The van der Waals surface area contributed by atoms with Gasteiger partial charge in [0.2, 0.25) is 11.2 Å². The van der Waals surface area contributed by atoms with Crippen LogP contribution in [0.1, 0.15) is 29.4 Å². The van der Waals surface area contributed by atoms with E-state index in [-0.39, 0.29) is 12.2 Å². The van der Waals surface area contributed by atoms with Crippen molar-refractivity contribution in [1.29, 1.82) is 0 Å². The smallest absolute Gasteiger partial charge is 0.306 e. The summed E-state index contributed by atoms with van der Waals surface area (Å²) in [6.45, 7) is 0. The highest BCUT2D eigenvalue weighted by atomic mass is 35.5. The quantitative estimate of drug-likeness (QED) is 0.360. The van der Waals surface area contributed by atoms with E-state index in [1.807, 2.05) is 12.1 Å². The molecule has 8 heteroatoms. The van der Waals surface area contributed by atoms with Gasteiger partial charge in [0.1, 0.15) is 5.76 Å². The fourth-order valence-electron chi connectivity index (χ4n) is 2.85. The molecule has 30 heavy (non-hydrogen) atoms. The van der Waals surface area contributed by atoms with Gasteiger partial charge in [0.05, 0.1) is 25.2 Å². The number of aromatic hydroxyl groups is 1. The first-order valence-corrected chi connectivity index (χ1v) is 10.7. The minimum atomic E-state index is -0.706. The predicted molar refractivity (Wildman–Crippen MR) is 118 cm³/mol. The normalized spacial score (nSPS) is 11.8. The van der Waals surface area contributed by atoms with E-state index in [1.165, 1.54) is 24.9 Å². The largest absolute Gasteiger partial charge is 0.502 e. The number of esters is 1. The number of hydrogen-bond donors (Lipinski definition) is 1. The summed E-state index contributed by atoms with van der Waals surface area (Å²) in [7, 11) is 1.27. The van der Waals surface area contributed by atoms with Gasteiger partial charge in [0.25, 0.3) is 0 Å². The molecule has 0 bridgehead atoms. The van der Waals surface area contributed by atoms with Gasteiger partial charge >= 0.3 is 5.97 Å². The van der Waals surface area contributed by atoms with Crippen molar-refractivity contribution in [2.75, 3.05) is 7.11 Å². The minimum Gasteiger partial charge on any atom is -0.502 e. The lowest BCUT2D eigenvalue weighted by Crippen LogP contribution is -2.14. The maximum Gasteiger partial charge on any atom is 0.306 e. The van der Waals surface area contributed by atoms with Crippen LogP contribution < -0.4 is 5.43 Å². The Balaban J connectivity index is 1.95. The molecular weight excluding hydrogens is 447 g/mol. The molecule has 1 aromatic heterocycles.